The highest BCUT2D eigenvalue weighted by Gasteiger charge is 2.44. The molecule has 4 N–H and O–H groups in total. The number of H-pyrrole nitrogens is 2. The Morgan fingerprint density at radius 3 is 2.03 bits per heavy atom. The molecule has 9 rings (SSSR count). The molecule has 2 aromatic heterocycles. The Hall–Kier alpha value is -6.18. The number of carbonyl (C=O) groups is 4. The monoisotopic (exact) mass is 911 g/mol. The number of ether oxygens (including phenoxy) is 2. The molecule has 354 valence electrons. The van der Waals surface area contributed by atoms with Crippen LogP contribution in [-0.2, 0) is 19.1 Å². The Morgan fingerprint density at radius 1 is 0.746 bits per heavy atom. The van der Waals surface area contributed by atoms with Crippen LogP contribution in [0.2, 0.25) is 0 Å². The summed E-state index contributed by atoms with van der Waals surface area (Å²) in [7, 11) is 2.63. The maximum absolute atomic E-state index is 14.1. The highest BCUT2D eigenvalue weighted by Crippen LogP contribution is 2.58. The first-order valence-corrected chi connectivity index (χ1v) is 24.5. The number of alkyl carbamates (subject to hydrolysis) is 2. The summed E-state index contributed by atoms with van der Waals surface area (Å²) in [5.74, 6) is 2.49. The Morgan fingerprint density at radius 2 is 1.39 bits per heavy atom. The van der Waals surface area contributed by atoms with E-state index in [-0.39, 0.29) is 41.8 Å². The van der Waals surface area contributed by atoms with E-state index in [4.69, 9.17) is 19.4 Å². The molecule has 2 saturated heterocycles. The van der Waals surface area contributed by atoms with Gasteiger partial charge in [0.05, 0.1) is 49.2 Å². The van der Waals surface area contributed by atoms with Gasteiger partial charge in [0, 0.05) is 12.6 Å². The maximum atomic E-state index is 14.1. The lowest BCUT2D eigenvalue weighted by atomic mass is 9.81. The van der Waals surface area contributed by atoms with E-state index in [1.165, 1.54) is 61.3 Å². The number of aromatic nitrogens is 4. The summed E-state index contributed by atoms with van der Waals surface area (Å²) in [5.41, 5.74) is 11.6. The minimum Gasteiger partial charge on any atom is -0.453 e. The molecule has 4 aliphatic rings. The summed E-state index contributed by atoms with van der Waals surface area (Å²) in [6, 6.07) is 18.0. The fraction of sp³-hybridized carbons (Fsp3) is 0.509. The second-order valence-corrected chi connectivity index (χ2v) is 19.9. The summed E-state index contributed by atoms with van der Waals surface area (Å²) >= 11 is 0. The number of rotatable bonds is 13. The lowest BCUT2D eigenvalue weighted by molar-refractivity contribution is -0.137. The number of hydrogen-bond acceptors (Lipinski definition) is 8. The highest BCUT2D eigenvalue weighted by molar-refractivity contribution is 5.89. The Kier molecular flexibility index (Phi) is 12.9. The quantitative estimate of drug-likeness (QED) is 0.0903. The van der Waals surface area contributed by atoms with Gasteiger partial charge >= 0.3 is 12.2 Å². The zero-order valence-electron chi connectivity index (χ0n) is 40.1. The number of imidazole rings is 2. The lowest BCUT2D eigenvalue weighted by Gasteiger charge is -2.32. The molecule has 1 saturated carbocycles. The van der Waals surface area contributed by atoms with Crippen LogP contribution in [0.3, 0.4) is 0 Å². The predicted octanol–water partition coefficient (Wildman–Crippen LogP) is 10.2. The molecule has 67 heavy (non-hydrogen) atoms. The zero-order chi connectivity index (χ0) is 47.3. The largest absolute Gasteiger partial charge is 0.453 e. The fourth-order valence-electron chi connectivity index (χ4n) is 11.6. The van der Waals surface area contributed by atoms with Crippen molar-refractivity contribution in [2.24, 2.45) is 17.8 Å². The van der Waals surface area contributed by atoms with Gasteiger partial charge in [-0.3, -0.25) is 9.59 Å². The van der Waals surface area contributed by atoms with Gasteiger partial charge in [0.15, 0.2) is 0 Å². The van der Waals surface area contributed by atoms with Gasteiger partial charge < -0.3 is 39.9 Å². The third-order valence-electron chi connectivity index (χ3n) is 15.6. The van der Waals surface area contributed by atoms with Gasteiger partial charge in [0.25, 0.3) is 0 Å². The topological polar surface area (TPSA) is 175 Å². The number of carbonyl (C=O) groups excluding carboxylic acids is 4. The molecule has 3 unspecified atom stereocenters. The molecule has 2 aliphatic heterocycles. The van der Waals surface area contributed by atoms with E-state index in [2.05, 4.69) is 89.0 Å². The van der Waals surface area contributed by atoms with Crippen molar-refractivity contribution in [3.05, 3.63) is 83.6 Å². The van der Waals surface area contributed by atoms with Crippen LogP contribution in [0.1, 0.15) is 140 Å². The Labute approximate surface area is 393 Å². The molecular formula is C53H66N8O6. The van der Waals surface area contributed by atoms with E-state index in [0.717, 1.165) is 71.6 Å². The smallest absolute Gasteiger partial charge is 0.407 e. The molecule has 14 nitrogen and oxygen atoms in total. The standard InChI is InChI=1S/C53H66N8O6/c1-9-29(5)47(59-53(65)67-8)50(62)60-27-31(10-2)23-43(60)48-54-26-41(57-48)33-14-12-32(13-15-33)37-19-20-38(45-36-17-16-35(24-36)44(37)45)34-18-21-39-40(25-34)56-49(55-39)42-22-11-30(6)61(42)51(63)46(28(3)4)58-52(64)66-7/h12-15,18-21,25-26,28-31,35-36,42-43,46-47H,9-11,16-17,22-24,27H2,1-8H3,(H,54,57)(H,55,56)(H,58,64)(H,59,65)/t29?,30-,31-,35?,36?,42-,43-,46-,47-/m0/s1. The maximum Gasteiger partial charge on any atom is 0.407 e. The van der Waals surface area contributed by atoms with Crippen molar-refractivity contribution < 1.29 is 28.7 Å². The van der Waals surface area contributed by atoms with Gasteiger partial charge in [-0.2, -0.15) is 0 Å². The van der Waals surface area contributed by atoms with E-state index >= 15 is 0 Å². The van der Waals surface area contributed by atoms with Gasteiger partial charge in [-0.05, 0) is 126 Å². The molecule has 9 atom stereocenters. The number of amides is 4. The van der Waals surface area contributed by atoms with E-state index in [0.29, 0.717) is 24.3 Å². The van der Waals surface area contributed by atoms with Crippen molar-refractivity contribution in [1.82, 2.24) is 40.4 Å². The molecule has 2 aliphatic carbocycles. The first-order chi connectivity index (χ1) is 32.3. The minimum atomic E-state index is -0.704. The molecule has 4 heterocycles. The third-order valence-corrected chi connectivity index (χ3v) is 15.6. The van der Waals surface area contributed by atoms with Crippen molar-refractivity contribution >= 4 is 35.0 Å². The fourth-order valence-corrected chi connectivity index (χ4v) is 11.6. The molecule has 0 radical (unpaired) electrons. The number of nitrogens with zero attached hydrogens (tertiary/aromatic N) is 4. The van der Waals surface area contributed by atoms with Crippen molar-refractivity contribution in [3.63, 3.8) is 0 Å². The minimum absolute atomic E-state index is 0.00101. The van der Waals surface area contributed by atoms with Crippen LogP contribution in [-0.4, -0.2) is 92.6 Å². The van der Waals surface area contributed by atoms with Crippen LogP contribution in [0.5, 0.6) is 0 Å². The van der Waals surface area contributed by atoms with Crippen molar-refractivity contribution in [2.45, 2.75) is 135 Å². The summed E-state index contributed by atoms with van der Waals surface area (Å²) in [6.07, 6.45) is 8.33. The first-order valence-electron chi connectivity index (χ1n) is 24.5. The molecule has 4 amide bonds. The molecule has 3 aromatic carbocycles. The average molecular weight is 911 g/mol. The second-order valence-electron chi connectivity index (χ2n) is 19.9. The lowest BCUT2D eigenvalue weighted by Crippen LogP contribution is -2.52. The predicted molar refractivity (Wildman–Crippen MR) is 258 cm³/mol. The zero-order valence-corrected chi connectivity index (χ0v) is 40.1. The molecule has 14 heteroatoms. The number of benzene rings is 3. The van der Waals surface area contributed by atoms with Crippen molar-refractivity contribution in [1.29, 1.82) is 0 Å². The van der Waals surface area contributed by atoms with E-state index < -0.39 is 24.3 Å². The number of nitrogens with one attached hydrogen (secondary N) is 4. The van der Waals surface area contributed by atoms with Crippen molar-refractivity contribution in [3.8, 4) is 33.5 Å². The first kappa shape index (κ1) is 46.0. The SMILES string of the molecule is CCC(C)[C@H](NC(=O)OC)C(=O)N1C[C@@H](CC)C[C@H]1c1ncc(-c2ccc(-c3ccc(-c4ccc5nc([C@@H]6CC[C@H](C)N6C(=O)[C@@H](NC(=O)OC)C(C)C)[nH]c5c4)c4c3C3CCC4C3)cc2)[nH]1. The number of likely N-dealkylation sites (tertiary alicyclic amines) is 2. The number of methoxy groups -OCH3 is 2. The van der Waals surface area contributed by atoms with Crippen LogP contribution < -0.4 is 10.6 Å². The molecular weight excluding hydrogens is 845 g/mol. The van der Waals surface area contributed by atoms with Crippen LogP contribution >= 0.6 is 0 Å². The summed E-state index contributed by atoms with van der Waals surface area (Å²) in [5, 5.41) is 5.57. The summed E-state index contributed by atoms with van der Waals surface area (Å²) in [6.45, 7) is 12.7. The number of hydrogen-bond donors (Lipinski definition) is 4. The van der Waals surface area contributed by atoms with Crippen molar-refractivity contribution in [2.75, 3.05) is 20.8 Å². The average Bonchev–Trinajstić information content (AvgIpc) is 4.22. The van der Waals surface area contributed by atoms with Gasteiger partial charge in [-0.15, -0.1) is 0 Å². The van der Waals surface area contributed by atoms with Crippen LogP contribution in [0.4, 0.5) is 9.59 Å². The van der Waals surface area contributed by atoms with Gasteiger partial charge in [0.2, 0.25) is 11.8 Å². The Balaban J connectivity index is 0.961. The normalized spacial score (nSPS) is 23.4. The van der Waals surface area contributed by atoms with E-state index in [1.807, 2.05) is 43.7 Å². The number of fused-ring (bicyclic) bond motifs is 6. The number of aromatic amines is 2. The molecule has 5 aromatic rings. The van der Waals surface area contributed by atoms with E-state index in [1.54, 1.807) is 0 Å². The van der Waals surface area contributed by atoms with Gasteiger partial charge in [-0.25, -0.2) is 19.6 Å². The highest BCUT2D eigenvalue weighted by atomic mass is 16.5. The summed E-state index contributed by atoms with van der Waals surface area (Å²) in [4.78, 5) is 73.5. The van der Waals surface area contributed by atoms with Crippen LogP contribution in [0.15, 0.2) is 60.8 Å². The molecule has 2 bridgehead atoms. The van der Waals surface area contributed by atoms with E-state index in [9.17, 15) is 19.2 Å². The van der Waals surface area contributed by atoms with Crippen LogP contribution in [0.25, 0.3) is 44.5 Å². The van der Waals surface area contributed by atoms with Gasteiger partial charge in [-0.1, -0.05) is 89.9 Å². The second kappa shape index (κ2) is 18.8. The molecule has 0 spiro atoms. The third kappa shape index (κ3) is 8.56. The summed E-state index contributed by atoms with van der Waals surface area (Å²) < 4.78 is 9.73. The van der Waals surface area contributed by atoms with Crippen LogP contribution in [0, 0.1) is 17.8 Å². The Bertz CT molecular complexity index is 2650. The molecule has 3 fully saturated rings. The van der Waals surface area contributed by atoms with Gasteiger partial charge in [0.1, 0.15) is 23.7 Å².